The number of nitrogens with zero attached hydrogens (tertiary/aromatic N) is 3. The van der Waals surface area contributed by atoms with Gasteiger partial charge in [0.1, 0.15) is 12.4 Å². The van der Waals surface area contributed by atoms with Crippen molar-refractivity contribution < 1.29 is 23.9 Å². The van der Waals surface area contributed by atoms with Crippen LogP contribution in [0.3, 0.4) is 0 Å². The van der Waals surface area contributed by atoms with E-state index in [-0.39, 0.29) is 17.7 Å². The molecule has 1 aromatic carbocycles. The van der Waals surface area contributed by atoms with Crippen molar-refractivity contribution in [2.75, 3.05) is 32.6 Å². The van der Waals surface area contributed by atoms with Gasteiger partial charge in [-0.2, -0.15) is 0 Å². The lowest BCUT2D eigenvalue weighted by atomic mass is 10.2. The van der Waals surface area contributed by atoms with E-state index in [1.807, 2.05) is 19.1 Å². The van der Waals surface area contributed by atoms with Crippen LogP contribution >= 0.6 is 23.1 Å². The molecule has 184 valence electrons. The fourth-order valence-electron chi connectivity index (χ4n) is 3.07. The number of methoxy groups -OCH3 is 1. The molecule has 1 aliphatic carbocycles. The quantitative estimate of drug-likeness (QED) is 0.513. The largest absolute Gasteiger partial charge is 0.492 e. The highest BCUT2D eigenvalue weighted by Gasteiger charge is 2.30. The Kier molecular flexibility index (Phi) is 7.71. The van der Waals surface area contributed by atoms with Crippen molar-refractivity contribution in [3.63, 3.8) is 0 Å². The maximum atomic E-state index is 12.4. The van der Waals surface area contributed by atoms with Crippen LogP contribution < -0.4 is 15.4 Å². The number of thioether (sulfide) groups is 1. The number of carbonyl (C=O) groups is 3. The van der Waals surface area contributed by atoms with Gasteiger partial charge in [-0.25, -0.2) is 14.8 Å². The molecule has 1 aromatic heterocycles. The van der Waals surface area contributed by atoms with E-state index >= 15 is 0 Å². The number of aliphatic imine (C=N–C) groups is 1. The zero-order valence-corrected chi connectivity index (χ0v) is 21.1. The van der Waals surface area contributed by atoms with Crippen LogP contribution in [0.4, 0.5) is 15.6 Å². The first-order valence-electron chi connectivity index (χ1n) is 10.9. The van der Waals surface area contributed by atoms with Gasteiger partial charge >= 0.3 is 6.09 Å². The monoisotopic (exact) mass is 515 g/mol. The topological polar surface area (TPSA) is 122 Å². The maximum Gasteiger partial charge on any atom is 0.409 e. The van der Waals surface area contributed by atoms with E-state index < -0.39 is 6.09 Å². The van der Waals surface area contributed by atoms with Crippen LogP contribution in [0.25, 0.3) is 6.08 Å². The number of benzene rings is 1. The third kappa shape index (κ3) is 6.61. The van der Waals surface area contributed by atoms with E-state index in [2.05, 4.69) is 25.3 Å². The number of anilines is 1. The van der Waals surface area contributed by atoms with Gasteiger partial charge in [0.05, 0.1) is 29.1 Å². The standard InChI is InChI=1S/C23H25N5O5S2/c1-13-10-15(33-9-8-28(2)23(31)32-3)6-7-17(13)25-22-27-20(30)18(35-22)11-16-12-24-21(34-16)26-19(29)14-4-5-14/h6-7,10-12,14H,4-5,8-9H2,1-3H3,(H,24,26,29)(H,25,27,30). The third-order valence-electron chi connectivity index (χ3n) is 5.20. The number of amides is 3. The van der Waals surface area contributed by atoms with Gasteiger partial charge in [-0.15, -0.1) is 0 Å². The summed E-state index contributed by atoms with van der Waals surface area (Å²) < 4.78 is 10.4. The van der Waals surface area contributed by atoms with Gasteiger partial charge in [-0.05, 0) is 61.4 Å². The lowest BCUT2D eigenvalue weighted by molar-refractivity contribution is -0.117. The molecule has 0 bridgehead atoms. The second-order valence-corrected chi connectivity index (χ2v) is 10.1. The summed E-state index contributed by atoms with van der Waals surface area (Å²) in [6, 6.07) is 5.45. The fourth-order valence-corrected chi connectivity index (χ4v) is 4.74. The van der Waals surface area contributed by atoms with Crippen LogP contribution in [0.1, 0.15) is 23.3 Å². The average molecular weight is 516 g/mol. The van der Waals surface area contributed by atoms with E-state index in [0.29, 0.717) is 39.8 Å². The lowest BCUT2D eigenvalue weighted by Gasteiger charge is -2.16. The summed E-state index contributed by atoms with van der Waals surface area (Å²) >= 11 is 2.56. The summed E-state index contributed by atoms with van der Waals surface area (Å²) in [4.78, 5) is 47.2. The molecule has 0 radical (unpaired) electrons. The van der Waals surface area contributed by atoms with Crippen molar-refractivity contribution in [1.29, 1.82) is 0 Å². The van der Waals surface area contributed by atoms with Crippen molar-refractivity contribution in [3.8, 4) is 5.75 Å². The second kappa shape index (κ2) is 10.9. The molecule has 3 amide bonds. The minimum absolute atomic E-state index is 0.00118. The zero-order valence-electron chi connectivity index (χ0n) is 19.5. The van der Waals surface area contributed by atoms with Gasteiger partial charge in [0.2, 0.25) is 5.91 Å². The molecule has 35 heavy (non-hydrogen) atoms. The number of amidine groups is 1. The average Bonchev–Trinajstić information content (AvgIpc) is 3.51. The third-order valence-corrected chi connectivity index (χ3v) is 6.97. The predicted molar refractivity (Wildman–Crippen MR) is 136 cm³/mol. The molecule has 1 aliphatic heterocycles. The van der Waals surface area contributed by atoms with Gasteiger partial charge in [-0.3, -0.25) is 9.59 Å². The molecule has 2 aliphatic rings. The Morgan fingerprint density at radius 1 is 1.37 bits per heavy atom. The smallest absolute Gasteiger partial charge is 0.409 e. The summed E-state index contributed by atoms with van der Waals surface area (Å²) in [5, 5.41) is 6.60. The number of ether oxygens (including phenoxy) is 2. The number of thiazole rings is 1. The number of carbonyl (C=O) groups excluding carboxylic acids is 3. The summed E-state index contributed by atoms with van der Waals surface area (Å²) in [5.74, 6) is 0.524. The molecule has 2 heterocycles. The lowest BCUT2D eigenvalue weighted by Crippen LogP contribution is -2.30. The van der Waals surface area contributed by atoms with Crippen molar-refractivity contribution >= 4 is 63.1 Å². The first kappa shape index (κ1) is 24.7. The zero-order chi connectivity index (χ0) is 24.9. The Hall–Kier alpha value is -3.38. The van der Waals surface area contributed by atoms with E-state index in [4.69, 9.17) is 4.74 Å². The summed E-state index contributed by atoms with van der Waals surface area (Å²) in [6.07, 6.45) is 4.81. The fraction of sp³-hybridized carbons (Fsp3) is 0.348. The molecule has 12 heteroatoms. The molecule has 2 aromatic rings. The molecule has 4 rings (SSSR count). The van der Waals surface area contributed by atoms with Crippen LogP contribution in [0, 0.1) is 12.8 Å². The Morgan fingerprint density at radius 3 is 2.89 bits per heavy atom. The van der Waals surface area contributed by atoms with Crippen LogP contribution in [0.2, 0.25) is 0 Å². The van der Waals surface area contributed by atoms with Crippen molar-refractivity contribution in [2.24, 2.45) is 10.9 Å². The molecule has 2 N–H and O–H groups in total. The van der Waals surface area contributed by atoms with E-state index in [9.17, 15) is 14.4 Å². The van der Waals surface area contributed by atoms with Crippen LogP contribution in [-0.2, 0) is 14.3 Å². The predicted octanol–water partition coefficient (Wildman–Crippen LogP) is 3.77. The van der Waals surface area contributed by atoms with E-state index in [1.165, 1.54) is 35.1 Å². The number of aromatic nitrogens is 1. The first-order chi connectivity index (χ1) is 16.8. The normalized spacial score (nSPS) is 17.4. The minimum Gasteiger partial charge on any atom is -0.492 e. The SMILES string of the molecule is COC(=O)N(C)CCOc1ccc(N=C2NC(=O)C(=Cc3cnc(NC(=O)C4CC4)s3)S2)c(C)c1. The number of aryl methyl sites for hydroxylation is 1. The maximum absolute atomic E-state index is 12.4. The highest BCUT2D eigenvalue weighted by Crippen LogP contribution is 2.33. The number of hydrogen-bond acceptors (Lipinski definition) is 9. The van der Waals surface area contributed by atoms with Crippen molar-refractivity contribution in [1.82, 2.24) is 15.2 Å². The summed E-state index contributed by atoms with van der Waals surface area (Å²) in [7, 11) is 2.97. The number of likely N-dealkylation sites (N-methyl/N-ethyl adjacent to an activating group) is 1. The van der Waals surface area contributed by atoms with Crippen molar-refractivity contribution in [2.45, 2.75) is 19.8 Å². The number of hydrogen-bond donors (Lipinski definition) is 2. The molecule has 0 atom stereocenters. The van der Waals surface area contributed by atoms with Gasteiger partial charge in [0, 0.05) is 19.2 Å². The Labute approximate surface area is 210 Å². The van der Waals surface area contributed by atoms with E-state index in [1.54, 1.807) is 25.4 Å². The van der Waals surface area contributed by atoms with Gasteiger partial charge in [-0.1, -0.05) is 11.3 Å². The molecule has 2 fully saturated rings. The number of nitrogens with one attached hydrogen (secondary N) is 2. The molecular weight excluding hydrogens is 490 g/mol. The molecule has 0 spiro atoms. The van der Waals surface area contributed by atoms with Gasteiger partial charge in [0.15, 0.2) is 10.3 Å². The van der Waals surface area contributed by atoms with Gasteiger partial charge in [0.25, 0.3) is 5.91 Å². The van der Waals surface area contributed by atoms with E-state index in [0.717, 1.165) is 23.3 Å². The second-order valence-electron chi connectivity index (χ2n) is 8.00. The summed E-state index contributed by atoms with van der Waals surface area (Å²) in [6.45, 7) is 2.62. The van der Waals surface area contributed by atoms with Gasteiger partial charge < -0.3 is 25.0 Å². The molecule has 10 nitrogen and oxygen atoms in total. The molecule has 1 saturated heterocycles. The minimum atomic E-state index is -0.420. The van der Waals surface area contributed by atoms with Crippen LogP contribution in [0.5, 0.6) is 5.75 Å². The highest BCUT2D eigenvalue weighted by atomic mass is 32.2. The highest BCUT2D eigenvalue weighted by molar-refractivity contribution is 8.18. The van der Waals surface area contributed by atoms with Crippen molar-refractivity contribution in [3.05, 3.63) is 39.7 Å². The summed E-state index contributed by atoms with van der Waals surface area (Å²) in [5.41, 5.74) is 1.58. The molecule has 1 saturated carbocycles. The molecular formula is C23H25N5O5S2. The Bertz CT molecular complexity index is 1200. The van der Waals surface area contributed by atoms with Crippen LogP contribution in [-0.4, -0.2) is 60.3 Å². The first-order valence-corrected chi connectivity index (χ1v) is 12.5. The Balaban J connectivity index is 1.35. The van der Waals surface area contributed by atoms with Crippen LogP contribution in [0.15, 0.2) is 34.3 Å². The molecule has 0 unspecified atom stereocenters. The number of rotatable bonds is 8. The Morgan fingerprint density at radius 2 is 2.17 bits per heavy atom.